The molecule has 2 aromatic heterocycles. The van der Waals surface area contributed by atoms with Crippen LogP contribution in [0.1, 0.15) is 65.3 Å². The average Bonchev–Trinajstić information content (AvgIpc) is 3.19. The van der Waals surface area contributed by atoms with Crippen LogP contribution in [-0.4, -0.2) is 66.0 Å². The third-order valence-electron chi connectivity index (χ3n) is 6.28. The number of benzene rings is 1. The number of amides is 1. The summed E-state index contributed by atoms with van der Waals surface area (Å²) in [7, 11) is 5.37. The lowest BCUT2D eigenvalue weighted by Crippen LogP contribution is -2.40. The molecule has 0 saturated heterocycles. The molecule has 2 heterocycles. The number of hydrogen-bond acceptors (Lipinski definition) is 7. The number of rotatable bonds is 10. The van der Waals surface area contributed by atoms with E-state index in [1.54, 1.807) is 19.5 Å². The lowest BCUT2D eigenvalue weighted by molar-refractivity contribution is -0.140. The molecule has 0 atom stereocenters. The van der Waals surface area contributed by atoms with E-state index in [-0.39, 0.29) is 12.6 Å². The standard InChI is InChI=1S/C32H44N4O5/c1-21(2)40-29(37)24(19-35(8)9)28-26(32(6,7)20-34-30(38)41-31(3,4)5)27-25(12-11-17-33-27)36(28)18-22-13-15-23(39-10)16-14-22/h11-17,19,21H,18,20H2,1-10H3,(H,34,38). The zero-order chi connectivity index (χ0) is 30.5. The van der Waals surface area contributed by atoms with Gasteiger partial charge in [-0.3, -0.25) is 4.98 Å². The van der Waals surface area contributed by atoms with Gasteiger partial charge in [0.1, 0.15) is 11.4 Å². The lowest BCUT2D eigenvalue weighted by atomic mass is 9.82. The third kappa shape index (κ3) is 8.02. The second kappa shape index (κ2) is 12.7. The van der Waals surface area contributed by atoms with Crippen LogP contribution in [0.2, 0.25) is 0 Å². The molecule has 222 valence electrons. The first-order chi connectivity index (χ1) is 19.1. The summed E-state index contributed by atoms with van der Waals surface area (Å²) in [5, 5.41) is 2.92. The van der Waals surface area contributed by atoms with Gasteiger partial charge in [-0.05, 0) is 64.4 Å². The second-order valence-electron chi connectivity index (χ2n) is 12.2. The fourth-order valence-electron chi connectivity index (χ4n) is 4.62. The Labute approximate surface area is 243 Å². The number of ether oxygens (including phenoxy) is 3. The first-order valence-corrected chi connectivity index (χ1v) is 13.8. The first kappa shape index (κ1) is 31.5. The third-order valence-corrected chi connectivity index (χ3v) is 6.28. The molecule has 0 aliphatic carbocycles. The minimum Gasteiger partial charge on any atom is -0.497 e. The molecule has 9 heteroatoms. The quantitative estimate of drug-likeness (QED) is 0.248. The topological polar surface area (TPSA) is 94.9 Å². The molecule has 1 N–H and O–H groups in total. The van der Waals surface area contributed by atoms with Crippen LogP contribution < -0.4 is 10.1 Å². The fourth-order valence-corrected chi connectivity index (χ4v) is 4.62. The molecule has 0 saturated carbocycles. The summed E-state index contributed by atoms with van der Waals surface area (Å²) >= 11 is 0. The predicted molar refractivity (Wildman–Crippen MR) is 162 cm³/mol. The highest BCUT2D eigenvalue weighted by atomic mass is 16.6. The normalized spacial score (nSPS) is 12.4. The molecule has 3 aromatic rings. The van der Waals surface area contributed by atoms with Crippen LogP contribution in [0.15, 0.2) is 48.8 Å². The van der Waals surface area contributed by atoms with Gasteiger partial charge in [0.05, 0.1) is 35.5 Å². The van der Waals surface area contributed by atoms with Crippen molar-refractivity contribution in [2.75, 3.05) is 27.7 Å². The molecule has 41 heavy (non-hydrogen) atoms. The van der Waals surface area contributed by atoms with Gasteiger partial charge in [0.25, 0.3) is 0 Å². The molecule has 0 bridgehead atoms. The molecular weight excluding hydrogens is 520 g/mol. The molecule has 0 aliphatic rings. The molecule has 0 unspecified atom stereocenters. The van der Waals surface area contributed by atoms with Crippen molar-refractivity contribution in [3.05, 3.63) is 65.6 Å². The number of alkyl carbamates (subject to hydrolysis) is 1. The highest BCUT2D eigenvalue weighted by Gasteiger charge is 2.35. The zero-order valence-corrected chi connectivity index (χ0v) is 26.0. The highest BCUT2D eigenvalue weighted by Crippen LogP contribution is 2.39. The lowest BCUT2D eigenvalue weighted by Gasteiger charge is -2.28. The summed E-state index contributed by atoms with van der Waals surface area (Å²) < 4.78 is 18.7. The number of pyridine rings is 1. The van der Waals surface area contributed by atoms with Crippen molar-refractivity contribution in [2.45, 2.75) is 72.1 Å². The Bertz CT molecular complexity index is 1400. The summed E-state index contributed by atoms with van der Waals surface area (Å²) in [4.78, 5) is 33.0. The second-order valence-corrected chi connectivity index (χ2v) is 12.2. The number of esters is 1. The molecular formula is C32H44N4O5. The zero-order valence-electron chi connectivity index (χ0n) is 26.0. The van der Waals surface area contributed by atoms with E-state index in [0.717, 1.165) is 27.9 Å². The van der Waals surface area contributed by atoms with Gasteiger partial charge in [-0.1, -0.05) is 26.0 Å². The van der Waals surface area contributed by atoms with Crippen molar-refractivity contribution < 1.29 is 23.8 Å². The molecule has 1 aromatic carbocycles. The number of hydrogen-bond donors (Lipinski definition) is 1. The van der Waals surface area contributed by atoms with Gasteiger partial charge in [0, 0.05) is 50.6 Å². The minimum atomic E-state index is -0.659. The smallest absolute Gasteiger partial charge is 0.407 e. The van der Waals surface area contributed by atoms with Crippen LogP contribution in [0.5, 0.6) is 5.75 Å². The molecule has 0 aliphatic heterocycles. The van der Waals surface area contributed by atoms with Gasteiger partial charge in [0.2, 0.25) is 0 Å². The molecule has 0 fully saturated rings. The van der Waals surface area contributed by atoms with E-state index in [2.05, 4.69) is 9.88 Å². The van der Waals surface area contributed by atoms with E-state index in [1.165, 1.54) is 0 Å². The van der Waals surface area contributed by atoms with Crippen molar-refractivity contribution in [3.8, 4) is 5.75 Å². The molecule has 9 nitrogen and oxygen atoms in total. The fraction of sp³-hybridized carbons (Fsp3) is 0.469. The van der Waals surface area contributed by atoms with Crippen molar-refractivity contribution in [2.24, 2.45) is 0 Å². The van der Waals surface area contributed by atoms with E-state index >= 15 is 0 Å². The van der Waals surface area contributed by atoms with Crippen molar-refractivity contribution in [3.63, 3.8) is 0 Å². The van der Waals surface area contributed by atoms with E-state index in [0.29, 0.717) is 17.8 Å². The summed E-state index contributed by atoms with van der Waals surface area (Å²) in [5.74, 6) is 0.321. The maximum Gasteiger partial charge on any atom is 0.407 e. The van der Waals surface area contributed by atoms with Gasteiger partial charge in [-0.2, -0.15) is 0 Å². The summed E-state index contributed by atoms with van der Waals surface area (Å²) in [5.41, 5.74) is 3.25. The van der Waals surface area contributed by atoms with Crippen LogP contribution in [0.3, 0.4) is 0 Å². The van der Waals surface area contributed by atoms with Gasteiger partial charge < -0.3 is 29.0 Å². The van der Waals surface area contributed by atoms with Crippen LogP contribution in [0, 0.1) is 0 Å². The summed E-state index contributed by atoms with van der Waals surface area (Å²) in [6.07, 6.45) is 2.71. The van der Waals surface area contributed by atoms with Gasteiger partial charge in [-0.15, -0.1) is 0 Å². The van der Waals surface area contributed by atoms with Crippen LogP contribution >= 0.6 is 0 Å². The largest absolute Gasteiger partial charge is 0.497 e. The molecule has 0 spiro atoms. The number of nitrogens with one attached hydrogen (secondary N) is 1. The summed E-state index contributed by atoms with van der Waals surface area (Å²) in [6.45, 7) is 13.9. The Hall–Kier alpha value is -4.01. The maximum absolute atomic E-state index is 13.7. The predicted octanol–water partition coefficient (Wildman–Crippen LogP) is 5.75. The Morgan fingerprint density at radius 1 is 1.07 bits per heavy atom. The number of carbonyl (C=O) groups excluding carboxylic acids is 2. The molecule has 3 rings (SSSR count). The summed E-state index contributed by atoms with van der Waals surface area (Å²) in [6, 6.07) is 11.7. The number of aromatic nitrogens is 2. The number of nitrogens with zero attached hydrogens (tertiary/aromatic N) is 3. The van der Waals surface area contributed by atoms with E-state index < -0.39 is 23.1 Å². The first-order valence-electron chi connectivity index (χ1n) is 13.8. The number of carbonyl (C=O) groups is 2. The maximum atomic E-state index is 13.7. The van der Waals surface area contributed by atoms with Gasteiger partial charge in [-0.25, -0.2) is 9.59 Å². The molecule has 1 amide bonds. The van der Waals surface area contributed by atoms with Crippen molar-refractivity contribution in [1.82, 2.24) is 19.8 Å². The van der Waals surface area contributed by atoms with Gasteiger partial charge in [0.15, 0.2) is 0 Å². The Kier molecular flexibility index (Phi) is 9.73. The highest BCUT2D eigenvalue weighted by molar-refractivity contribution is 6.17. The van der Waals surface area contributed by atoms with Crippen molar-refractivity contribution in [1.29, 1.82) is 0 Å². The Balaban J connectivity index is 2.28. The van der Waals surface area contributed by atoms with Gasteiger partial charge >= 0.3 is 12.1 Å². The Morgan fingerprint density at radius 2 is 1.73 bits per heavy atom. The van der Waals surface area contributed by atoms with Crippen LogP contribution in [0.4, 0.5) is 4.79 Å². The SMILES string of the molecule is COc1ccc(Cn2c(C(=CN(C)C)C(=O)OC(C)C)c(C(C)(C)CNC(=O)OC(C)(C)C)c3ncccc32)cc1. The van der Waals surface area contributed by atoms with E-state index in [1.807, 2.05) is 104 Å². The average molecular weight is 565 g/mol. The minimum absolute atomic E-state index is 0.252. The van der Waals surface area contributed by atoms with E-state index in [9.17, 15) is 9.59 Å². The van der Waals surface area contributed by atoms with Crippen molar-refractivity contribution >= 4 is 28.7 Å². The number of methoxy groups -OCH3 is 1. The Morgan fingerprint density at radius 3 is 2.29 bits per heavy atom. The van der Waals surface area contributed by atoms with Crippen LogP contribution in [0.25, 0.3) is 16.6 Å². The van der Waals surface area contributed by atoms with E-state index in [4.69, 9.17) is 19.2 Å². The van der Waals surface area contributed by atoms with Crippen LogP contribution in [-0.2, 0) is 26.2 Å². The monoisotopic (exact) mass is 564 g/mol. The molecule has 0 radical (unpaired) electrons. The number of fused-ring (bicyclic) bond motifs is 1.